The molecule has 2 aliphatic heterocycles. The van der Waals surface area contributed by atoms with Gasteiger partial charge in [-0.3, -0.25) is 0 Å². The Kier molecular flexibility index (Phi) is 9.54. The molecule has 0 aliphatic carbocycles. The van der Waals surface area contributed by atoms with E-state index in [0.29, 0.717) is 5.92 Å². The van der Waals surface area contributed by atoms with Gasteiger partial charge in [-0.15, -0.1) is 0 Å². The Morgan fingerprint density at radius 3 is 2.35 bits per heavy atom. The number of anilines is 2. The molecule has 4 rings (SSSR count). The number of ether oxygens (including phenoxy) is 1. The Balaban J connectivity index is 1.56. The molecule has 2 saturated heterocycles. The number of rotatable bonds is 9. The van der Waals surface area contributed by atoms with Gasteiger partial charge in [0.05, 0.1) is 0 Å². The molecule has 2 aromatic carbocycles. The number of piperidine rings is 1. The molecule has 2 heterocycles. The maximum Gasteiger partial charge on any atom is 0.0467 e. The van der Waals surface area contributed by atoms with Crippen LogP contribution in [-0.2, 0) is 4.74 Å². The first-order chi connectivity index (χ1) is 17.9. The van der Waals surface area contributed by atoms with E-state index >= 15 is 0 Å². The molecular formula is C34H48N2O. The van der Waals surface area contributed by atoms with E-state index < -0.39 is 0 Å². The molecule has 1 unspecified atom stereocenters. The van der Waals surface area contributed by atoms with Crippen molar-refractivity contribution >= 4 is 16.9 Å². The van der Waals surface area contributed by atoms with Gasteiger partial charge in [0.25, 0.3) is 0 Å². The van der Waals surface area contributed by atoms with E-state index in [1.54, 1.807) is 12.7 Å². The molecule has 0 spiro atoms. The van der Waals surface area contributed by atoms with Gasteiger partial charge < -0.3 is 14.5 Å². The van der Waals surface area contributed by atoms with Crippen LogP contribution < -0.4 is 9.80 Å². The largest absolute Gasteiger partial charge is 0.385 e. The minimum Gasteiger partial charge on any atom is -0.385 e. The van der Waals surface area contributed by atoms with E-state index in [1.165, 1.54) is 59.6 Å². The number of hydrogen-bond acceptors (Lipinski definition) is 3. The van der Waals surface area contributed by atoms with Crippen molar-refractivity contribution in [3.8, 4) is 0 Å². The van der Waals surface area contributed by atoms with Crippen molar-refractivity contribution in [3.05, 3.63) is 76.9 Å². The van der Waals surface area contributed by atoms with Gasteiger partial charge in [0, 0.05) is 51.3 Å². The zero-order valence-electron chi connectivity index (χ0n) is 24.1. The number of benzene rings is 2. The number of aryl methyl sites for hydroxylation is 1. The zero-order valence-corrected chi connectivity index (χ0v) is 24.1. The highest BCUT2D eigenvalue weighted by atomic mass is 16.5. The third-order valence-corrected chi connectivity index (χ3v) is 8.72. The standard InChI is InChI=1S/C34H48N2O/c1-25(2)29-13-17-35(18-14-29)32-11-8-12-33(23-32)36-19-15-31(24-36)34(30-10-7-9-26(3)21-30)22-28(5)27(4)16-20-37-6/h7-12,21-23,25,27,29H,13-20,24H2,1-6H3. The molecule has 2 aromatic rings. The van der Waals surface area contributed by atoms with E-state index in [9.17, 15) is 0 Å². The number of hydrogen-bond donors (Lipinski definition) is 0. The summed E-state index contributed by atoms with van der Waals surface area (Å²) in [7, 11) is 1.79. The van der Waals surface area contributed by atoms with Crippen LogP contribution in [0.4, 0.5) is 11.4 Å². The highest BCUT2D eigenvalue weighted by Gasteiger charge is 2.24. The summed E-state index contributed by atoms with van der Waals surface area (Å²) in [6, 6.07) is 18.3. The minimum absolute atomic E-state index is 0.509. The van der Waals surface area contributed by atoms with Gasteiger partial charge in [-0.05, 0) is 92.2 Å². The molecule has 200 valence electrons. The highest BCUT2D eigenvalue weighted by Crippen LogP contribution is 2.35. The molecule has 0 radical (unpaired) electrons. The summed E-state index contributed by atoms with van der Waals surface area (Å²) >= 11 is 0. The Hall–Kier alpha value is -2.52. The lowest BCUT2D eigenvalue weighted by Crippen LogP contribution is -2.35. The molecule has 0 aromatic heterocycles. The molecule has 37 heavy (non-hydrogen) atoms. The molecule has 0 saturated carbocycles. The minimum atomic E-state index is 0.509. The second-order valence-corrected chi connectivity index (χ2v) is 11.7. The Labute approximate surface area is 226 Å². The van der Waals surface area contributed by atoms with Gasteiger partial charge in [0.1, 0.15) is 0 Å². The maximum atomic E-state index is 5.35. The van der Waals surface area contributed by atoms with Crippen molar-refractivity contribution in [2.45, 2.75) is 60.3 Å². The second kappa shape index (κ2) is 12.8. The van der Waals surface area contributed by atoms with Crippen LogP contribution in [-0.4, -0.2) is 39.9 Å². The zero-order chi connectivity index (χ0) is 26.4. The molecule has 0 bridgehead atoms. The predicted octanol–water partition coefficient (Wildman–Crippen LogP) is 8.15. The van der Waals surface area contributed by atoms with Crippen LogP contribution in [0.2, 0.25) is 0 Å². The molecule has 3 nitrogen and oxygen atoms in total. The molecular weight excluding hydrogens is 452 g/mol. The average Bonchev–Trinajstić information content (AvgIpc) is 3.40. The number of allylic oxidation sites excluding steroid dienone is 3. The number of nitrogens with zero attached hydrogens (tertiary/aromatic N) is 2. The smallest absolute Gasteiger partial charge is 0.0467 e. The van der Waals surface area contributed by atoms with Crippen LogP contribution in [0.1, 0.15) is 64.5 Å². The van der Waals surface area contributed by atoms with Crippen molar-refractivity contribution in [2.75, 3.05) is 49.7 Å². The van der Waals surface area contributed by atoms with Crippen molar-refractivity contribution in [2.24, 2.45) is 17.8 Å². The van der Waals surface area contributed by atoms with E-state index in [-0.39, 0.29) is 0 Å². The van der Waals surface area contributed by atoms with Crippen molar-refractivity contribution in [1.29, 1.82) is 0 Å². The molecule has 0 amide bonds. The first kappa shape index (κ1) is 27.5. The summed E-state index contributed by atoms with van der Waals surface area (Å²) < 4.78 is 5.35. The fourth-order valence-electron chi connectivity index (χ4n) is 5.90. The molecule has 3 heteroatoms. The third kappa shape index (κ3) is 7.08. The SMILES string of the molecule is COCCC(C)C(C)=CC(=C1CCN(c2cccc(N3CCC(C(C)C)CC3)c2)C1)c1cccc(C)c1. The Bertz CT molecular complexity index is 1090. The lowest BCUT2D eigenvalue weighted by molar-refractivity contribution is 0.185. The topological polar surface area (TPSA) is 15.7 Å². The van der Waals surface area contributed by atoms with Crippen LogP contribution in [0.3, 0.4) is 0 Å². The predicted molar refractivity (Wildman–Crippen MR) is 161 cm³/mol. The highest BCUT2D eigenvalue weighted by molar-refractivity contribution is 5.79. The summed E-state index contributed by atoms with van der Waals surface area (Å²) in [5.74, 6) is 2.18. The summed E-state index contributed by atoms with van der Waals surface area (Å²) in [5, 5.41) is 0. The lowest BCUT2D eigenvalue weighted by Gasteiger charge is -2.35. The van der Waals surface area contributed by atoms with Gasteiger partial charge >= 0.3 is 0 Å². The van der Waals surface area contributed by atoms with Crippen LogP contribution >= 0.6 is 0 Å². The van der Waals surface area contributed by atoms with E-state index in [1.807, 2.05) is 0 Å². The van der Waals surface area contributed by atoms with Crippen molar-refractivity contribution < 1.29 is 4.74 Å². The van der Waals surface area contributed by atoms with Crippen LogP contribution in [0, 0.1) is 24.7 Å². The van der Waals surface area contributed by atoms with E-state index in [0.717, 1.165) is 44.4 Å². The maximum absolute atomic E-state index is 5.35. The van der Waals surface area contributed by atoms with Gasteiger partial charge in [-0.2, -0.15) is 0 Å². The normalized spacial score (nSPS) is 19.6. The molecule has 1 atom stereocenters. The second-order valence-electron chi connectivity index (χ2n) is 11.7. The lowest BCUT2D eigenvalue weighted by atomic mass is 9.86. The molecule has 0 N–H and O–H groups in total. The van der Waals surface area contributed by atoms with Gasteiger partial charge in [0.2, 0.25) is 0 Å². The summed E-state index contributed by atoms with van der Waals surface area (Å²) in [6.45, 7) is 16.8. The van der Waals surface area contributed by atoms with Gasteiger partial charge in [0.15, 0.2) is 0 Å². The van der Waals surface area contributed by atoms with Crippen molar-refractivity contribution in [1.82, 2.24) is 0 Å². The monoisotopic (exact) mass is 500 g/mol. The molecule has 2 fully saturated rings. The van der Waals surface area contributed by atoms with Crippen molar-refractivity contribution in [3.63, 3.8) is 0 Å². The van der Waals surface area contributed by atoms with Gasteiger partial charge in [-0.1, -0.05) is 68.3 Å². The van der Waals surface area contributed by atoms with Gasteiger partial charge in [-0.25, -0.2) is 0 Å². The quantitative estimate of drug-likeness (QED) is 0.345. The van der Waals surface area contributed by atoms with Crippen LogP contribution in [0.25, 0.3) is 5.57 Å². The Morgan fingerprint density at radius 1 is 0.973 bits per heavy atom. The first-order valence-electron chi connectivity index (χ1n) is 14.4. The van der Waals surface area contributed by atoms with Crippen LogP contribution in [0.5, 0.6) is 0 Å². The van der Waals surface area contributed by atoms with Crippen LogP contribution in [0.15, 0.2) is 65.8 Å². The summed E-state index contributed by atoms with van der Waals surface area (Å²) in [4.78, 5) is 5.17. The fraction of sp³-hybridized carbons (Fsp3) is 0.529. The summed E-state index contributed by atoms with van der Waals surface area (Å²) in [5.41, 5.74) is 9.81. The third-order valence-electron chi connectivity index (χ3n) is 8.72. The fourth-order valence-corrected chi connectivity index (χ4v) is 5.90. The number of methoxy groups -OCH3 is 1. The summed E-state index contributed by atoms with van der Waals surface area (Å²) in [6.07, 6.45) is 7.26. The van der Waals surface area contributed by atoms with E-state index in [2.05, 4.69) is 99.0 Å². The molecule has 2 aliphatic rings. The average molecular weight is 501 g/mol. The van der Waals surface area contributed by atoms with E-state index in [4.69, 9.17) is 4.74 Å². The first-order valence-corrected chi connectivity index (χ1v) is 14.4. The Morgan fingerprint density at radius 2 is 1.68 bits per heavy atom.